The molecule has 2 aromatic carbocycles. The van der Waals surface area contributed by atoms with E-state index in [4.69, 9.17) is 10.8 Å². The maximum absolute atomic E-state index is 11.9. The third-order valence-electron chi connectivity index (χ3n) is 12.9. The number of fused-ring (bicyclic) bond motifs is 5. The van der Waals surface area contributed by atoms with Crippen LogP contribution in [0, 0.1) is 46.8 Å². The Labute approximate surface area is 254 Å². The fourth-order valence-corrected chi connectivity index (χ4v) is 15.3. The van der Waals surface area contributed by atoms with Gasteiger partial charge in [-0.15, -0.1) is 6.42 Å². The molecule has 4 saturated carbocycles. The van der Waals surface area contributed by atoms with Gasteiger partial charge >= 0.3 is 0 Å². The maximum atomic E-state index is 11.9. The largest absolute Gasteiger partial charge is 0.404 e. The van der Waals surface area contributed by atoms with Gasteiger partial charge in [-0.1, -0.05) is 101 Å². The predicted octanol–water partition coefficient (Wildman–Crippen LogP) is 5.28. The Kier molecular flexibility index (Phi) is 7.39. The van der Waals surface area contributed by atoms with E-state index >= 15 is 0 Å². The molecule has 0 spiro atoms. The first-order valence-electron chi connectivity index (χ1n) is 16.2. The summed E-state index contributed by atoms with van der Waals surface area (Å²) in [5.41, 5.74) is -1.64. The monoisotopic (exact) mass is 586 g/mol. The Morgan fingerprint density at radius 2 is 1.38 bits per heavy atom. The van der Waals surface area contributed by atoms with Gasteiger partial charge in [0.2, 0.25) is 0 Å². The van der Waals surface area contributed by atoms with Crippen LogP contribution in [-0.4, -0.2) is 47.5 Å². The number of rotatable bonds is 4. The van der Waals surface area contributed by atoms with Gasteiger partial charge in [0.1, 0.15) is 5.60 Å². The molecule has 4 fully saturated rings. The number of terminal acetylenes is 1. The molecular weight excluding hydrogens is 536 g/mol. The summed E-state index contributed by atoms with van der Waals surface area (Å²) in [5, 5.41) is 37.5. The summed E-state index contributed by atoms with van der Waals surface area (Å²) >= 11 is 0. The highest BCUT2D eigenvalue weighted by atomic mass is 28.4. The maximum Gasteiger partial charge on any atom is 0.261 e. The van der Waals surface area contributed by atoms with Gasteiger partial charge in [-0.2, -0.15) is 0 Å². The molecule has 0 bridgehead atoms. The van der Waals surface area contributed by atoms with E-state index in [1.165, 1.54) is 10.4 Å². The SMILES string of the molecule is C#C[C@]1(O)CC[C@H]2[C@@H]3[C@@H](O)[C@H](O)[C@H]4C[C@@H](O[Si](c5ccccc5)(c5ccccc5)C(C)(C)C)CC[C@]4(C)[C@H]3CC[C@@]21C. The zero-order chi connectivity index (χ0) is 30.1. The zero-order valence-corrected chi connectivity index (χ0v) is 27.1. The van der Waals surface area contributed by atoms with Gasteiger partial charge in [0.05, 0.1) is 12.2 Å². The molecule has 3 N–H and O–H groups in total. The van der Waals surface area contributed by atoms with E-state index in [1.807, 2.05) is 0 Å². The second-order valence-corrected chi connectivity index (χ2v) is 19.8. The van der Waals surface area contributed by atoms with Crippen LogP contribution in [0.15, 0.2) is 60.7 Å². The second kappa shape index (κ2) is 10.3. The lowest BCUT2D eigenvalue weighted by atomic mass is 9.43. The van der Waals surface area contributed by atoms with E-state index in [1.54, 1.807) is 0 Å². The van der Waals surface area contributed by atoms with Gasteiger partial charge in [-0.25, -0.2) is 0 Å². The molecule has 226 valence electrons. The molecule has 4 nitrogen and oxygen atoms in total. The third kappa shape index (κ3) is 4.16. The van der Waals surface area contributed by atoms with Crippen LogP contribution in [0.1, 0.15) is 79.6 Å². The van der Waals surface area contributed by atoms with Crippen molar-refractivity contribution >= 4 is 18.7 Å². The number of hydrogen-bond acceptors (Lipinski definition) is 4. The van der Waals surface area contributed by atoms with Crippen LogP contribution in [0.3, 0.4) is 0 Å². The lowest BCUT2D eigenvalue weighted by Crippen LogP contribution is -2.69. The molecule has 6 rings (SSSR count). The molecule has 0 aromatic heterocycles. The molecule has 0 unspecified atom stereocenters. The highest BCUT2D eigenvalue weighted by Crippen LogP contribution is 2.68. The lowest BCUT2D eigenvalue weighted by Gasteiger charge is -2.64. The topological polar surface area (TPSA) is 69.9 Å². The second-order valence-electron chi connectivity index (χ2n) is 15.6. The van der Waals surface area contributed by atoms with Crippen LogP contribution in [0.5, 0.6) is 0 Å². The summed E-state index contributed by atoms with van der Waals surface area (Å²) in [5.74, 6) is 3.06. The predicted molar refractivity (Wildman–Crippen MR) is 171 cm³/mol. The van der Waals surface area contributed by atoms with Crippen molar-refractivity contribution in [1.29, 1.82) is 0 Å². The summed E-state index contributed by atoms with van der Waals surface area (Å²) in [7, 11) is -2.73. The van der Waals surface area contributed by atoms with E-state index in [0.29, 0.717) is 12.3 Å². The number of benzene rings is 2. The fourth-order valence-electron chi connectivity index (χ4n) is 10.5. The van der Waals surface area contributed by atoms with Gasteiger partial charge in [0, 0.05) is 11.5 Å². The highest BCUT2D eigenvalue weighted by Gasteiger charge is 2.68. The molecule has 42 heavy (non-hydrogen) atoms. The normalized spacial score (nSPS) is 41.7. The van der Waals surface area contributed by atoms with E-state index in [-0.39, 0.29) is 34.3 Å². The van der Waals surface area contributed by atoms with Crippen molar-refractivity contribution in [1.82, 2.24) is 0 Å². The van der Waals surface area contributed by atoms with Crippen molar-refractivity contribution in [2.75, 3.05) is 0 Å². The minimum absolute atomic E-state index is 0.000326. The van der Waals surface area contributed by atoms with E-state index in [2.05, 4.69) is 101 Å². The molecule has 0 aliphatic heterocycles. The fraction of sp³-hybridized carbons (Fsp3) is 0.622. The van der Waals surface area contributed by atoms with Crippen LogP contribution in [0.4, 0.5) is 0 Å². The lowest BCUT2D eigenvalue weighted by molar-refractivity contribution is -0.227. The molecule has 4 aliphatic carbocycles. The Balaban J connectivity index is 1.33. The highest BCUT2D eigenvalue weighted by molar-refractivity contribution is 6.99. The number of aliphatic hydroxyl groups is 3. The average molecular weight is 587 g/mol. The standard InChI is InChI=1S/C37H50O4Si/c1-7-37(40)23-20-29-31-28(19-22-36(29,37)6)35(5)21-18-25(24-30(35)32(38)33(31)39)41-42(34(2,3)4,26-14-10-8-11-15-26)27-16-12-9-13-17-27/h1,8-17,25,28-33,38-40H,18-24H2,2-6H3/t25-,28-,29-,30+,31+,32+,33+,35+,36-,37-/m0/s1. The van der Waals surface area contributed by atoms with E-state index < -0.39 is 31.5 Å². The Hall–Kier alpha value is -1.94. The van der Waals surface area contributed by atoms with Crippen LogP contribution in [0.25, 0.3) is 0 Å². The molecule has 0 saturated heterocycles. The summed E-state index contributed by atoms with van der Waals surface area (Å²) in [6.07, 6.45) is 10.1. The smallest absolute Gasteiger partial charge is 0.261 e. The first-order chi connectivity index (χ1) is 19.8. The minimum Gasteiger partial charge on any atom is -0.404 e. The third-order valence-corrected chi connectivity index (χ3v) is 17.9. The van der Waals surface area contributed by atoms with Crippen molar-refractivity contribution in [2.45, 2.75) is 109 Å². The molecule has 2 aromatic rings. The summed E-state index contributed by atoms with van der Waals surface area (Å²) in [6.45, 7) is 11.4. The summed E-state index contributed by atoms with van der Waals surface area (Å²) in [4.78, 5) is 0. The van der Waals surface area contributed by atoms with Crippen molar-refractivity contribution in [3.8, 4) is 12.3 Å². The van der Waals surface area contributed by atoms with Gasteiger partial charge in [-0.3, -0.25) is 0 Å². The molecule has 0 heterocycles. The summed E-state index contributed by atoms with van der Waals surface area (Å²) < 4.78 is 7.55. The van der Waals surface area contributed by atoms with Crippen molar-refractivity contribution in [2.24, 2.45) is 34.5 Å². The van der Waals surface area contributed by atoms with Gasteiger partial charge in [-0.05, 0) is 89.4 Å². The van der Waals surface area contributed by atoms with Crippen molar-refractivity contribution < 1.29 is 19.7 Å². The first kappa shape index (κ1) is 30.1. The van der Waals surface area contributed by atoms with Crippen LogP contribution < -0.4 is 10.4 Å². The minimum atomic E-state index is -2.73. The molecule has 0 amide bonds. The molecule has 10 atom stereocenters. The average Bonchev–Trinajstić information content (AvgIpc) is 3.25. The number of aliphatic hydroxyl groups excluding tert-OH is 2. The van der Waals surface area contributed by atoms with Gasteiger partial charge in [0.15, 0.2) is 0 Å². The van der Waals surface area contributed by atoms with Crippen LogP contribution >= 0.6 is 0 Å². The van der Waals surface area contributed by atoms with Crippen molar-refractivity contribution in [3.63, 3.8) is 0 Å². The molecular formula is C37H50O4Si. The molecule has 0 radical (unpaired) electrons. The Morgan fingerprint density at radius 1 is 0.810 bits per heavy atom. The van der Waals surface area contributed by atoms with Crippen molar-refractivity contribution in [3.05, 3.63) is 60.7 Å². The zero-order valence-electron chi connectivity index (χ0n) is 26.1. The van der Waals surface area contributed by atoms with E-state index in [0.717, 1.165) is 38.5 Å². The summed E-state index contributed by atoms with van der Waals surface area (Å²) in [6, 6.07) is 21.6. The van der Waals surface area contributed by atoms with Gasteiger partial charge in [0.25, 0.3) is 8.32 Å². The Morgan fingerprint density at radius 3 is 1.93 bits per heavy atom. The first-order valence-corrected chi connectivity index (χ1v) is 18.1. The van der Waals surface area contributed by atoms with Crippen LogP contribution in [-0.2, 0) is 4.43 Å². The van der Waals surface area contributed by atoms with Crippen LogP contribution in [0.2, 0.25) is 5.04 Å². The van der Waals surface area contributed by atoms with Gasteiger partial charge < -0.3 is 19.7 Å². The van der Waals surface area contributed by atoms with E-state index in [9.17, 15) is 15.3 Å². The Bertz CT molecular complexity index is 1280. The number of hydrogen-bond donors (Lipinski definition) is 3. The molecule has 5 heteroatoms. The molecule has 4 aliphatic rings. The quantitative estimate of drug-likeness (QED) is 0.337.